The third-order valence-corrected chi connectivity index (χ3v) is 4.47. The lowest BCUT2D eigenvalue weighted by molar-refractivity contribution is 0.232. The van der Waals surface area contributed by atoms with E-state index in [9.17, 15) is 4.39 Å². The molecule has 108 valence electrons. The average Bonchev–Trinajstić information content (AvgIpc) is 3.13. The third kappa shape index (κ3) is 2.73. The highest BCUT2D eigenvalue weighted by atomic mass is 32.1. The van der Waals surface area contributed by atoms with Gasteiger partial charge in [0.15, 0.2) is 0 Å². The number of thiazole rings is 1. The average molecular weight is 295 g/mol. The minimum atomic E-state index is -0.412. The van der Waals surface area contributed by atoms with E-state index in [2.05, 4.69) is 25.3 Å². The van der Waals surface area contributed by atoms with E-state index in [4.69, 9.17) is 0 Å². The van der Waals surface area contributed by atoms with Crippen molar-refractivity contribution in [3.63, 3.8) is 0 Å². The van der Waals surface area contributed by atoms with Crippen molar-refractivity contribution in [2.75, 3.05) is 13.2 Å². The van der Waals surface area contributed by atoms with E-state index in [0.29, 0.717) is 12.6 Å². The van der Waals surface area contributed by atoms with Crippen LogP contribution >= 0.6 is 11.3 Å². The predicted molar refractivity (Wildman–Crippen MR) is 75.2 cm³/mol. The molecule has 3 rings (SSSR count). The van der Waals surface area contributed by atoms with E-state index < -0.39 is 6.67 Å². The summed E-state index contributed by atoms with van der Waals surface area (Å²) < 4.78 is 14.1. The van der Waals surface area contributed by atoms with Gasteiger partial charge in [-0.15, -0.1) is 11.3 Å². The number of nitrogens with zero attached hydrogens (tertiary/aromatic N) is 5. The zero-order valence-electron chi connectivity index (χ0n) is 11.5. The second-order valence-electron chi connectivity index (χ2n) is 5.01. The van der Waals surface area contributed by atoms with Crippen molar-refractivity contribution in [1.82, 2.24) is 24.6 Å². The highest BCUT2D eigenvalue weighted by Gasteiger charge is 2.28. The number of aromatic nitrogens is 4. The molecule has 0 saturated carbocycles. The second-order valence-corrected chi connectivity index (χ2v) is 6.07. The topological polar surface area (TPSA) is 46.8 Å². The van der Waals surface area contributed by atoms with Crippen LogP contribution in [0.25, 0.3) is 0 Å². The van der Waals surface area contributed by atoms with Crippen LogP contribution in [0.15, 0.2) is 11.7 Å². The van der Waals surface area contributed by atoms with Crippen LogP contribution in [-0.4, -0.2) is 37.9 Å². The van der Waals surface area contributed by atoms with Gasteiger partial charge < -0.3 is 0 Å². The van der Waals surface area contributed by atoms with Crippen LogP contribution in [0.1, 0.15) is 35.4 Å². The summed E-state index contributed by atoms with van der Waals surface area (Å²) in [7, 11) is 0. The fraction of sp³-hybridized carbons (Fsp3) is 0.615. The Morgan fingerprint density at radius 1 is 1.50 bits per heavy atom. The summed E-state index contributed by atoms with van der Waals surface area (Å²) >= 11 is 1.69. The first-order chi connectivity index (χ1) is 9.78. The molecule has 0 N–H and O–H groups in total. The summed E-state index contributed by atoms with van der Waals surface area (Å²) in [6.07, 6.45) is 3.79. The van der Waals surface area contributed by atoms with Gasteiger partial charge in [-0.05, 0) is 26.3 Å². The Bertz CT molecular complexity index is 567. The number of likely N-dealkylation sites (tertiary alicyclic amines) is 1. The Hall–Kier alpha value is -1.34. The molecule has 0 aromatic carbocycles. The lowest BCUT2D eigenvalue weighted by Gasteiger charge is -2.22. The SMILES string of the molecule is Cc1nc(C2CCCN2Cc2ncnn2CCF)cs1. The number of hydrogen-bond acceptors (Lipinski definition) is 5. The molecule has 0 aliphatic carbocycles. The van der Waals surface area contributed by atoms with Crippen molar-refractivity contribution in [3.05, 3.63) is 28.2 Å². The Balaban J connectivity index is 1.74. The van der Waals surface area contributed by atoms with E-state index >= 15 is 0 Å². The second kappa shape index (κ2) is 5.97. The quantitative estimate of drug-likeness (QED) is 0.849. The first kappa shape index (κ1) is 13.6. The molecule has 5 nitrogen and oxygen atoms in total. The van der Waals surface area contributed by atoms with Crippen molar-refractivity contribution in [1.29, 1.82) is 0 Å². The van der Waals surface area contributed by atoms with Crippen molar-refractivity contribution in [2.24, 2.45) is 0 Å². The van der Waals surface area contributed by atoms with Gasteiger partial charge in [-0.3, -0.25) is 4.90 Å². The first-order valence-corrected chi connectivity index (χ1v) is 7.74. The maximum Gasteiger partial charge on any atom is 0.141 e. The van der Waals surface area contributed by atoms with Crippen LogP contribution in [0.2, 0.25) is 0 Å². The minimum Gasteiger partial charge on any atom is -0.287 e. The first-order valence-electron chi connectivity index (χ1n) is 6.86. The Kier molecular flexibility index (Phi) is 4.07. The van der Waals surface area contributed by atoms with Crippen LogP contribution in [0.4, 0.5) is 4.39 Å². The highest BCUT2D eigenvalue weighted by Crippen LogP contribution is 2.33. The van der Waals surface area contributed by atoms with Gasteiger partial charge in [-0.25, -0.2) is 19.0 Å². The van der Waals surface area contributed by atoms with Crippen LogP contribution in [0.5, 0.6) is 0 Å². The fourth-order valence-electron chi connectivity index (χ4n) is 2.74. The number of aryl methyl sites for hydroxylation is 2. The molecule has 1 aliphatic rings. The summed E-state index contributed by atoms with van der Waals surface area (Å²) in [5, 5.41) is 7.32. The number of hydrogen-bond donors (Lipinski definition) is 0. The molecule has 20 heavy (non-hydrogen) atoms. The van der Waals surface area contributed by atoms with Crippen molar-refractivity contribution in [3.8, 4) is 0 Å². The molecule has 3 heterocycles. The summed E-state index contributed by atoms with van der Waals surface area (Å²) in [4.78, 5) is 11.2. The highest BCUT2D eigenvalue weighted by molar-refractivity contribution is 7.09. The van der Waals surface area contributed by atoms with Crippen molar-refractivity contribution < 1.29 is 4.39 Å². The molecule has 1 aliphatic heterocycles. The van der Waals surface area contributed by atoms with E-state index in [-0.39, 0.29) is 6.54 Å². The molecule has 1 saturated heterocycles. The molecular weight excluding hydrogens is 277 g/mol. The van der Waals surface area contributed by atoms with Gasteiger partial charge >= 0.3 is 0 Å². The van der Waals surface area contributed by atoms with Gasteiger partial charge in [-0.1, -0.05) is 0 Å². The van der Waals surface area contributed by atoms with E-state index in [1.165, 1.54) is 12.7 Å². The molecule has 1 atom stereocenters. The Labute approximate surface area is 121 Å². The maximum absolute atomic E-state index is 12.5. The van der Waals surface area contributed by atoms with E-state index in [0.717, 1.165) is 29.5 Å². The van der Waals surface area contributed by atoms with Gasteiger partial charge in [0.25, 0.3) is 0 Å². The number of halogens is 1. The van der Waals surface area contributed by atoms with Crippen molar-refractivity contribution in [2.45, 2.75) is 38.9 Å². The van der Waals surface area contributed by atoms with E-state index in [1.54, 1.807) is 16.0 Å². The molecule has 2 aromatic heterocycles. The molecular formula is C13H18FN5S. The largest absolute Gasteiger partial charge is 0.287 e. The van der Waals surface area contributed by atoms with Gasteiger partial charge in [-0.2, -0.15) is 5.10 Å². The number of rotatable bonds is 5. The molecule has 0 radical (unpaired) electrons. The van der Waals surface area contributed by atoms with Gasteiger partial charge in [0, 0.05) is 5.38 Å². The predicted octanol–water partition coefficient (Wildman–Crippen LogP) is 2.35. The van der Waals surface area contributed by atoms with E-state index in [1.807, 2.05) is 6.92 Å². The minimum absolute atomic E-state index is 0.281. The van der Waals surface area contributed by atoms with Gasteiger partial charge in [0.05, 0.1) is 29.8 Å². The summed E-state index contributed by atoms with van der Waals surface area (Å²) in [5.41, 5.74) is 1.15. The van der Waals surface area contributed by atoms with Crippen molar-refractivity contribution >= 4 is 11.3 Å². The summed E-state index contributed by atoms with van der Waals surface area (Å²) in [6.45, 7) is 3.64. The van der Waals surface area contributed by atoms with Crippen LogP contribution in [-0.2, 0) is 13.1 Å². The zero-order valence-corrected chi connectivity index (χ0v) is 12.3. The zero-order chi connectivity index (χ0) is 13.9. The summed E-state index contributed by atoms with van der Waals surface area (Å²) in [5.74, 6) is 0.835. The third-order valence-electron chi connectivity index (χ3n) is 3.68. The molecule has 1 fully saturated rings. The molecule has 2 aromatic rings. The monoisotopic (exact) mass is 295 g/mol. The van der Waals surface area contributed by atoms with Gasteiger partial charge in [0.1, 0.15) is 18.8 Å². The number of alkyl halides is 1. The molecule has 0 amide bonds. The lowest BCUT2D eigenvalue weighted by atomic mass is 10.2. The van der Waals surface area contributed by atoms with Crippen LogP contribution in [0, 0.1) is 6.92 Å². The van der Waals surface area contributed by atoms with Gasteiger partial charge in [0.2, 0.25) is 0 Å². The Morgan fingerprint density at radius 3 is 3.15 bits per heavy atom. The van der Waals surface area contributed by atoms with Crippen LogP contribution in [0.3, 0.4) is 0 Å². The molecule has 7 heteroatoms. The standard InChI is InChI=1S/C13H18FN5S/c1-10-17-11(8-20-10)12-3-2-5-18(12)7-13-15-9-16-19(13)6-4-14/h8-9,12H,2-7H2,1H3. The Morgan fingerprint density at radius 2 is 2.40 bits per heavy atom. The molecule has 0 spiro atoms. The molecule has 1 unspecified atom stereocenters. The van der Waals surface area contributed by atoms with Crippen LogP contribution < -0.4 is 0 Å². The smallest absolute Gasteiger partial charge is 0.141 e. The fourth-order valence-corrected chi connectivity index (χ4v) is 3.40. The normalized spacial score (nSPS) is 19.8. The lowest BCUT2D eigenvalue weighted by Crippen LogP contribution is -2.25. The summed E-state index contributed by atoms with van der Waals surface area (Å²) in [6, 6.07) is 0.357. The maximum atomic E-state index is 12.5. The molecule has 0 bridgehead atoms.